The van der Waals surface area contributed by atoms with Crippen molar-refractivity contribution >= 4 is 103 Å². The number of anilines is 3. The SMILES string of the molecule is c1ccc2c(c1)ccc1c2c2ccccc2n1-c1ccc(-c2ccc(N(c3ccc4c(c3)oc3ccccc34)c3ccc4c(c3)sc3ccccc34)cc2)cc1. The van der Waals surface area contributed by atoms with Crippen LogP contribution in [0.3, 0.4) is 0 Å². The molecule has 3 nitrogen and oxygen atoms in total. The van der Waals surface area contributed by atoms with Crippen LogP contribution in [-0.4, -0.2) is 4.57 Å². The molecule has 3 heterocycles. The number of para-hydroxylation sites is 2. The van der Waals surface area contributed by atoms with Crippen LogP contribution in [0.25, 0.3) is 91.5 Å². The second-order valence-electron chi connectivity index (χ2n) is 14.5. The van der Waals surface area contributed by atoms with Gasteiger partial charge in [-0.1, -0.05) is 115 Å². The standard InChI is InChI=1S/C52H32N2OS/c1-2-10-40-35(9-1)21-30-47-52(40)45-13-3-6-14-46(45)54(47)37-24-19-34(20-25-37)33-17-22-36(23-18-33)53(38-26-28-42-41-11-4-7-15-48(41)55-49(42)31-38)39-27-29-44-43-12-5-8-16-50(43)56-51(44)32-39/h1-32H. The first-order valence-electron chi connectivity index (χ1n) is 19.0. The smallest absolute Gasteiger partial charge is 0.137 e. The van der Waals surface area contributed by atoms with Crippen molar-refractivity contribution in [2.24, 2.45) is 0 Å². The lowest BCUT2D eigenvalue weighted by atomic mass is 10.0. The summed E-state index contributed by atoms with van der Waals surface area (Å²) in [5, 5.41) is 9.96. The number of fused-ring (bicyclic) bond motifs is 11. The maximum atomic E-state index is 6.38. The Morgan fingerprint density at radius 2 is 1.00 bits per heavy atom. The average Bonchev–Trinajstić information content (AvgIpc) is 3.93. The van der Waals surface area contributed by atoms with Crippen LogP contribution in [-0.2, 0) is 0 Å². The molecule has 262 valence electrons. The van der Waals surface area contributed by atoms with Gasteiger partial charge in [-0.05, 0) is 94.7 Å². The largest absolute Gasteiger partial charge is 0.456 e. The van der Waals surface area contributed by atoms with Gasteiger partial charge in [-0.3, -0.25) is 0 Å². The van der Waals surface area contributed by atoms with E-state index >= 15 is 0 Å². The zero-order chi connectivity index (χ0) is 36.7. The Balaban J connectivity index is 0.946. The number of aromatic nitrogens is 1. The van der Waals surface area contributed by atoms with Crippen LogP contribution in [0.2, 0.25) is 0 Å². The zero-order valence-electron chi connectivity index (χ0n) is 30.2. The van der Waals surface area contributed by atoms with Crippen molar-refractivity contribution in [1.82, 2.24) is 4.57 Å². The van der Waals surface area contributed by atoms with E-state index in [2.05, 4.69) is 191 Å². The molecule has 0 fully saturated rings. The van der Waals surface area contributed by atoms with Crippen molar-refractivity contribution < 1.29 is 4.42 Å². The third-order valence-electron chi connectivity index (χ3n) is 11.4. The van der Waals surface area contributed by atoms with Gasteiger partial charge < -0.3 is 13.9 Å². The molecule has 0 aliphatic rings. The maximum Gasteiger partial charge on any atom is 0.137 e. The molecule has 0 aliphatic carbocycles. The van der Waals surface area contributed by atoms with Gasteiger partial charge in [0.1, 0.15) is 11.2 Å². The molecule has 0 saturated carbocycles. The summed E-state index contributed by atoms with van der Waals surface area (Å²) in [4.78, 5) is 2.34. The number of rotatable bonds is 5. The molecule has 0 radical (unpaired) electrons. The van der Waals surface area contributed by atoms with Gasteiger partial charge in [0.05, 0.1) is 11.0 Å². The molecule has 0 bridgehead atoms. The van der Waals surface area contributed by atoms with Crippen LogP contribution < -0.4 is 4.90 Å². The Hall–Kier alpha value is -7.14. The monoisotopic (exact) mass is 732 g/mol. The number of furan rings is 1. The minimum absolute atomic E-state index is 0.879. The maximum absolute atomic E-state index is 6.38. The highest BCUT2D eigenvalue weighted by Crippen LogP contribution is 2.43. The first-order chi connectivity index (χ1) is 27.7. The van der Waals surface area contributed by atoms with E-state index in [9.17, 15) is 0 Å². The van der Waals surface area contributed by atoms with E-state index in [4.69, 9.17) is 4.42 Å². The van der Waals surface area contributed by atoms with Crippen molar-refractivity contribution in [3.63, 3.8) is 0 Å². The highest BCUT2D eigenvalue weighted by Gasteiger charge is 2.18. The molecule has 0 aliphatic heterocycles. The zero-order valence-corrected chi connectivity index (χ0v) is 31.0. The van der Waals surface area contributed by atoms with E-state index in [0.717, 1.165) is 44.7 Å². The molecule has 4 heteroatoms. The minimum atomic E-state index is 0.879. The molecular weight excluding hydrogens is 701 g/mol. The van der Waals surface area contributed by atoms with Crippen LogP contribution in [0, 0.1) is 0 Å². The predicted octanol–water partition coefficient (Wildman–Crippen LogP) is 15.3. The van der Waals surface area contributed by atoms with E-state index in [1.807, 2.05) is 23.5 Å². The normalized spacial score (nSPS) is 11.9. The Bertz CT molecular complexity index is 3360. The molecule has 0 spiro atoms. The third-order valence-corrected chi connectivity index (χ3v) is 12.5. The number of hydrogen-bond acceptors (Lipinski definition) is 3. The molecule has 56 heavy (non-hydrogen) atoms. The van der Waals surface area contributed by atoms with Gasteiger partial charge in [0, 0.05) is 70.5 Å². The van der Waals surface area contributed by atoms with Crippen LogP contribution in [0.4, 0.5) is 17.1 Å². The summed E-state index contributed by atoms with van der Waals surface area (Å²) in [5.41, 5.74) is 10.9. The second-order valence-corrected chi connectivity index (χ2v) is 15.6. The Morgan fingerprint density at radius 1 is 0.393 bits per heavy atom. The predicted molar refractivity (Wildman–Crippen MR) is 239 cm³/mol. The third kappa shape index (κ3) is 4.76. The van der Waals surface area contributed by atoms with Crippen LogP contribution in [0.1, 0.15) is 0 Å². The summed E-state index contributed by atoms with van der Waals surface area (Å²) in [6, 6.07) is 70.2. The fraction of sp³-hybridized carbons (Fsp3) is 0. The molecule has 0 N–H and O–H groups in total. The second kappa shape index (κ2) is 12.2. The van der Waals surface area contributed by atoms with Crippen molar-refractivity contribution in [3.05, 3.63) is 194 Å². The summed E-state index contributed by atoms with van der Waals surface area (Å²) < 4.78 is 11.3. The summed E-state index contributed by atoms with van der Waals surface area (Å²) in [6.07, 6.45) is 0. The molecule has 3 aromatic heterocycles. The van der Waals surface area contributed by atoms with Crippen molar-refractivity contribution in [1.29, 1.82) is 0 Å². The van der Waals surface area contributed by atoms with Gasteiger partial charge >= 0.3 is 0 Å². The molecule has 12 aromatic rings. The minimum Gasteiger partial charge on any atom is -0.456 e. The first-order valence-corrected chi connectivity index (χ1v) is 19.8. The summed E-state index contributed by atoms with van der Waals surface area (Å²) in [6.45, 7) is 0. The van der Waals surface area contributed by atoms with E-state index in [1.54, 1.807) is 0 Å². The summed E-state index contributed by atoms with van der Waals surface area (Å²) in [7, 11) is 0. The van der Waals surface area contributed by atoms with E-state index < -0.39 is 0 Å². The summed E-state index contributed by atoms with van der Waals surface area (Å²) >= 11 is 1.84. The number of nitrogens with zero attached hydrogens (tertiary/aromatic N) is 2. The molecule has 0 atom stereocenters. The Labute approximate surface area is 326 Å². The van der Waals surface area contributed by atoms with E-state index in [1.165, 1.54) is 63.9 Å². The highest BCUT2D eigenvalue weighted by molar-refractivity contribution is 7.25. The average molecular weight is 733 g/mol. The topological polar surface area (TPSA) is 21.3 Å². The molecule has 9 aromatic carbocycles. The van der Waals surface area contributed by atoms with Gasteiger partial charge in [-0.15, -0.1) is 11.3 Å². The van der Waals surface area contributed by atoms with Gasteiger partial charge in [-0.25, -0.2) is 0 Å². The molecule has 0 saturated heterocycles. The lowest BCUT2D eigenvalue weighted by Gasteiger charge is -2.26. The van der Waals surface area contributed by atoms with Crippen LogP contribution in [0.5, 0.6) is 0 Å². The first kappa shape index (κ1) is 31.2. The molecule has 12 rings (SSSR count). The van der Waals surface area contributed by atoms with Gasteiger partial charge in [-0.2, -0.15) is 0 Å². The molecular formula is C52H32N2OS. The quantitative estimate of drug-likeness (QED) is 0.176. The van der Waals surface area contributed by atoms with E-state index in [0.29, 0.717) is 0 Å². The van der Waals surface area contributed by atoms with Gasteiger partial charge in [0.15, 0.2) is 0 Å². The highest BCUT2D eigenvalue weighted by atomic mass is 32.1. The van der Waals surface area contributed by atoms with Crippen molar-refractivity contribution in [3.8, 4) is 16.8 Å². The fourth-order valence-electron chi connectivity index (χ4n) is 8.78. The van der Waals surface area contributed by atoms with Crippen molar-refractivity contribution in [2.75, 3.05) is 4.90 Å². The number of thiophene rings is 1. The molecule has 0 unspecified atom stereocenters. The van der Waals surface area contributed by atoms with Gasteiger partial charge in [0.2, 0.25) is 0 Å². The summed E-state index contributed by atoms with van der Waals surface area (Å²) in [5.74, 6) is 0. The number of benzene rings is 9. The van der Waals surface area contributed by atoms with Crippen molar-refractivity contribution in [2.45, 2.75) is 0 Å². The molecule has 0 amide bonds. The van der Waals surface area contributed by atoms with E-state index in [-0.39, 0.29) is 0 Å². The van der Waals surface area contributed by atoms with Gasteiger partial charge in [0.25, 0.3) is 0 Å². The Morgan fingerprint density at radius 3 is 1.84 bits per heavy atom. The van der Waals surface area contributed by atoms with Crippen LogP contribution in [0.15, 0.2) is 199 Å². The Kier molecular flexibility index (Phi) is 6.80. The lowest BCUT2D eigenvalue weighted by Crippen LogP contribution is -2.09. The number of hydrogen-bond donors (Lipinski definition) is 0. The van der Waals surface area contributed by atoms with Crippen LogP contribution >= 0.6 is 11.3 Å². The fourth-order valence-corrected chi connectivity index (χ4v) is 9.92. The lowest BCUT2D eigenvalue weighted by molar-refractivity contribution is 0.669.